The van der Waals surface area contributed by atoms with Crippen molar-refractivity contribution in [3.05, 3.63) is 47.8 Å². The van der Waals surface area contributed by atoms with E-state index in [1.807, 2.05) is 17.5 Å². The highest BCUT2D eigenvalue weighted by Crippen LogP contribution is 2.29. The van der Waals surface area contributed by atoms with Gasteiger partial charge >= 0.3 is 0 Å². The molecular formula is C19H20N6S. The Hall–Kier alpha value is -2.67. The fourth-order valence-electron chi connectivity index (χ4n) is 3.43. The monoisotopic (exact) mass is 364 g/mol. The number of aromatic nitrogens is 4. The van der Waals surface area contributed by atoms with Gasteiger partial charge in [0, 0.05) is 26.2 Å². The first-order valence-electron chi connectivity index (χ1n) is 8.87. The van der Waals surface area contributed by atoms with Crippen molar-refractivity contribution in [1.82, 2.24) is 19.6 Å². The first-order valence-corrected chi connectivity index (χ1v) is 9.69. The van der Waals surface area contributed by atoms with Crippen LogP contribution in [0.4, 0.5) is 10.9 Å². The van der Waals surface area contributed by atoms with Gasteiger partial charge in [-0.1, -0.05) is 23.5 Å². The van der Waals surface area contributed by atoms with Gasteiger partial charge in [0.2, 0.25) is 0 Å². The molecule has 1 aliphatic rings. The van der Waals surface area contributed by atoms with Crippen LogP contribution in [0.3, 0.4) is 0 Å². The minimum atomic E-state index is 0.914. The number of anilines is 2. The molecule has 7 heteroatoms. The summed E-state index contributed by atoms with van der Waals surface area (Å²) < 4.78 is 3.20. The minimum absolute atomic E-state index is 0.914. The van der Waals surface area contributed by atoms with Gasteiger partial charge in [0.15, 0.2) is 10.8 Å². The van der Waals surface area contributed by atoms with Gasteiger partial charge in [-0.3, -0.25) is 0 Å². The van der Waals surface area contributed by atoms with Crippen molar-refractivity contribution >= 4 is 38.2 Å². The summed E-state index contributed by atoms with van der Waals surface area (Å²) in [5.41, 5.74) is 4.15. The van der Waals surface area contributed by atoms with Crippen LogP contribution in [0.1, 0.15) is 11.4 Å². The minimum Gasteiger partial charge on any atom is -0.352 e. The summed E-state index contributed by atoms with van der Waals surface area (Å²) in [5.74, 6) is 1.02. The van der Waals surface area contributed by atoms with E-state index in [2.05, 4.69) is 52.0 Å². The van der Waals surface area contributed by atoms with Crippen LogP contribution in [0.2, 0.25) is 0 Å². The van der Waals surface area contributed by atoms with Gasteiger partial charge in [-0.2, -0.15) is 0 Å². The average Bonchev–Trinajstić information content (AvgIpc) is 3.23. The lowest BCUT2D eigenvalue weighted by Gasteiger charge is -2.35. The Morgan fingerprint density at radius 1 is 0.885 bits per heavy atom. The maximum atomic E-state index is 4.80. The summed E-state index contributed by atoms with van der Waals surface area (Å²) in [7, 11) is 0. The molecule has 3 aromatic heterocycles. The number of thiazole rings is 1. The zero-order valence-electron chi connectivity index (χ0n) is 14.9. The molecule has 0 radical (unpaired) electrons. The molecule has 6 nitrogen and oxygen atoms in total. The molecule has 132 valence electrons. The number of para-hydroxylation sites is 1. The van der Waals surface area contributed by atoms with E-state index in [1.54, 1.807) is 11.3 Å². The SMILES string of the molecule is Cc1nc2ccc(N3CCN(c4nc5ccccc5s4)CC3)nn2c1C. The van der Waals surface area contributed by atoms with E-state index in [0.29, 0.717) is 0 Å². The van der Waals surface area contributed by atoms with Crippen LogP contribution in [-0.2, 0) is 0 Å². The molecule has 5 rings (SSSR count). The molecule has 0 amide bonds. The number of benzene rings is 1. The van der Waals surface area contributed by atoms with E-state index in [9.17, 15) is 0 Å². The van der Waals surface area contributed by atoms with E-state index in [1.165, 1.54) is 4.70 Å². The van der Waals surface area contributed by atoms with E-state index in [4.69, 9.17) is 10.1 Å². The number of hydrogen-bond acceptors (Lipinski definition) is 6. The van der Waals surface area contributed by atoms with Crippen LogP contribution in [0, 0.1) is 13.8 Å². The fraction of sp³-hybridized carbons (Fsp3) is 0.316. The second-order valence-corrected chi connectivity index (χ2v) is 7.69. The summed E-state index contributed by atoms with van der Waals surface area (Å²) in [4.78, 5) is 14.1. The number of piperazine rings is 1. The van der Waals surface area contributed by atoms with Gasteiger partial charge in [0.25, 0.3) is 0 Å². The van der Waals surface area contributed by atoms with Crippen molar-refractivity contribution in [2.24, 2.45) is 0 Å². The van der Waals surface area contributed by atoms with E-state index in [-0.39, 0.29) is 0 Å². The number of aryl methyl sites for hydroxylation is 2. The van der Waals surface area contributed by atoms with Gasteiger partial charge in [-0.25, -0.2) is 14.5 Å². The van der Waals surface area contributed by atoms with E-state index < -0.39 is 0 Å². The smallest absolute Gasteiger partial charge is 0.186 e. The number of imidazole rings is 1. The van der Waals surface area contributed by atoms with Gasteiger partial charge in [0.1, 0.15) is 5.82 Å². The Morgan fingerprint density at radius 3 is 2.46 bits per heavy atom. The Labute approximate surface area is 155 Å². The molecule has 1 aromatic carbocycles. The van der Waals surface area contributed by atoms with Crippen molar-refractivity contribution in [1.29, 1.82) is 0 Å². The molecule has 4 aromatic rings. The molecule has 0 atom stereocenters. The van der Waals surface area contributed by atoms with Crippen molar-refractivity contribution in [3.8, 4) is 0 Å². The van der Waals surface area contributed by atoms with Crippen LogP contribution in [0.5, 0.6) is 0 Å². The van der Waals surface area contributed by atoms with Crippen LogP contribution < -0.4 is 9.80 Å². The van der Waals surface area contributed by atoms with Crippen LogP contribution in [-0.4, -0.2) is 45.8 Å². The molecule has 26 heavy (non-hydrogen) atoms. The lowest BCUT2D eigenvalue weighted by atomic mass is 10.3. The highest BCUT2D eigenvalue weighted by Gasteiger charge is 2.21. The standard InChI is InChI=1S/C19H20N6S/c1-13-14(2)25-17(20-13)7-8-18(22-25)23-9-11-24(12-10-23)19-21-15-5-3-4-6-16(15)26-19/h3-8H,9-12H2,1-2H3. The molecule has 0 N–H and O–H groups in total. The largest absolute Gasteiger partial charge is 0.352 e. The van der Waals surface area contributed by atoms with Gasteiger partial charge in [-0.15, -0.1) is 5.10 Å². The van der Waals surface area contributed by atoms with Crippen molar-refractivity contribution in [2.45, 2.75) is 13.8 Å². The number of fused-ring (bicyclic) bond motifs is 2. The topological polar surface area (TPSA) is 49.6 Å². The zero-order valence-corrected chi connectivity index (χ0v) is 15.7. The molecule has 1 aliphatic heterocycles. The molecular weight excluding hydrogens is 344 g/mol. The third-order valence-corrected chi connectivity index (χ3v) is 6.18. The second kappa shape index (κ2) is 5.95. The lowest BCUT2D eigenvalue weighted by Crippen LogP contribution is -2.46. The highest BCUT2D eigenvalue weighted by atomic mass is 32.1. The quantitative estimate of drug-likeness (QED) is 0.546. The van der Waals surface area contributed by atoms with E-state index >= 15 is 0 Å². The zero-order chi connectivity index (χ0) is 17.7. The summed E-state index contributed by atoms with van der Waals surface area (Å²) >= 11 is 1.78. The van der Waals surface area contributed by atoms with Gasteiger partial charge < -0.3 is 9.80 Å². The molecule has 4 heterocycles. The van der Waals surface area contributed by atoms with E-state index in [0.717, 1.165) is 59.7 Å². The third kappa shape index (κ3) is 2.50. The Bertz CT molecular complexity index is 1060. The lowest BCUT2D eigenvalue weighted by molar-refractivity contribution is 0.640. The summed E-state index contributed by atoms with van der Waals surface area (Å²) in [5, 5.41) is 5.92. The van der Waals surface area contributed by atoms with Crippen molar-refractivity contribution in [3.63, 3.8) is 0 Å². The van der Waals surface area contributed by atoms with Crippen LogP contribution >= 0.6 is 11.3 Å². The molecule has 0 spiro atoms. The molecule has 1 fully saturated rings. The van der Waals surface area contributed by atoms with Crippen molar-refractivity contribution < 1.29 is 0 Å². The molecule has 0 saturated carbocycles. The normalized spacial score (nSPS) is 15.3. The molecule has 0 unspecified atom stereocenters. The molecule has 1 saturated heterocycles. The number of hydrogen-bond donors (Lipinski definition) is 0. The summed E-state index contributed by atoms with van der Waals surface area (Å²) in [6.45, 7) is 7.91. The van der Waals surface area contributed by atoms with Crippen molar-refractivity contribution in [2.75, 3.05) is 36.0 Å². The Balaban J connectivity index is 1.36. The Kier molecular flexibility index (Phi) is 3.56. The maximum absolute atomic E-state index is 4.80. The van der Waals surface area contributed by atoms with Gasteiger partial charge in [-0.05, 0) is 38.1 Å². The number of rotatable bonds is 2. The third-order valence-electron chi connectivity index (χ3n) is 5.08. The second-order valence-electron chi connectivity index (χ2n) is 6.68. The predicted molar refractivity (Wildman–Crippen MR) is 107 cm³/mol. The van der Waals surface area contributed by atoms with Gasteiger partial charge in [0.05, 0.1) is 21.6 Å². The highest BCUT2D eigenvalue weighted by molar-refractivity contribution is 7.22. The first-order chi connectivity index (χ1) is 12.7. The number of nitrogens with zero attached hydrogens (tertiary/aromatic N) is 6. The predicted octanol–water partition coefficient (Wildman–Crippen LogP) is 3.28. The summed E-state index contributed by atoms with van der Waals surface area (Å²) in [6, 6.07) is 12.5. The van der Waals surface area contributed by atoms with Crippen LogP contribution in [0.15, 0.2) is 36.4 Å². The first kappa shape index (κ1) is 15.6. The maximum Gasteiger partial charge on any atom is 0.186 e. The molecule has 0 bridgehead atoms. The Morgan fingerprint density at radius 2 is 1.65 bits per heavy atom. The van der Waals surface area contributed by atoms with Crippen LogP contribution in [0.25, 0.3) is 15.9 Å². The molecule has 0 aliphatic carbocycles. The summed E-state index contributed by atoms with van der Waals surface area (Å²) in [6.07, 6.45) is 0. The fourth-order valence-corrected chi connectivity index (χ4v) is 4.45. The average molecular weight is 364 g/mol.